The molecule has 0 fully saturated rings. The molecular formula is C14H18IN3S. The van der Waals surface area contributed by atoms with Gasteiger partial charge in [-0.25, -0.2) is 0 Å². The molecule has 1 aliphatic rings. The minimum Gasteiger partial charge on any atom is -0.306 e. The van der Waals surface area contributed by atoms with Crippen LogP contribution < -0.4 is 5.32 Å². The summed E-state index contributed by atoms with van der Waals surface area (Å²) in [5, 5.41) is 8.02. The van der Waals surface area contributed by atoms with Crippen molar-refractivity contribution in [1.29, 1.82) is 0 Å². The summed E-state index contributed by atoms with van der Waals surface area (Å²) in [5.74, 6) is 0. The first-order valence-corrected chi connectivity index (χ1v) is 8.53. The quantitative estimate of drug-likeness (QED) is 0.817. The van der Waals surface area contributed by atoms with Gasteiger partial charge < -0.3 is 5.32 Å². The van der Waals surface area contributed by atoms with Gasteiger partial charge in [-0.1, -0.05) is 0 Å². The highest BCUT2D eigenvalue weighted by atomic mass is 127. The molecule has 102 valence electrons. The smallest absolute Gasteiger partial charge is 0.0659 e. The number of hydrogen-bond acceptors (Lipinski definition) is 3. The molecule has 19 heavy (non-hydrogen) atoms. The maximum atomic E-state index is 4.31. The lowest BCUT2D eigenvalue weighted by Crippen LogP contribution is -2.24. The second-order valence-electron chi connectivity index (χ2n) is 5.13. The standard InChI is InChI=1S/C14H18IN3S/c1-9-10(8-17-18(9)2)7-16-12-4-3-5-13-11(12)6-14(15)19-13/h6,8,12,16H,3-5,7H2,1-2H3. The molecule has 0 amide bonds. The lowest BCUT2D eigenvalue weighted by atomic mass is 9.94. The number of thiophene rings is 1. The van der Waals surface area contributed by atoms with Crippen LogP contribution in [0.25, 0.3) is 0 Å². The molecule has 5 heteroatoms. The summed E-state index contributed by atoms with van der Waals surface area (Å²) >= 11 is 4.39. The molecule has 2 aromatic heterocycles. The van der Waals surface area contributed by atoms with Crippen LogP contribution in [0.4, 0.5) is 0 Å². The summed E-state index contributed by atoms with van der Waals surface area (Å²) in [5.41, 5.74) is 4.09. The van der Waals surface area contributed by atoms with Crippen LogP contribution in [-0.4, -0.2) is 9.78 Å². The summed E-state index contributed by atoms with van der Waals surface area (Å²) < 4.78 is 3.35. The molecule has 1 aliphatic carbocycles. The highest BCUT2D eigenvalue weighted by Gasteiger charge is 2.22. The van der Waals surface area contributed by atoms with E-state index < -0.39 is 0 Å². The van der Waals surface area contributed by atoms with E-state index in [9.17, 15) is 0 Å². The van der Waals surface area contributed by atoms with E-state index in [1.807, 2.05) is 29.3 Å². The average molecular weight is 387 g/mol. The van der Waals surface area contributed by atoms with Crippen LogP contribution >= 0.6 is 33.9 Å². The van der Waals surface area contributed by atoms with E-state index >= 15 is 0 Å². The van der Waals surface area contributed by atoms with Crippen molar-refractivity contribution in [2.75, 3.05) is 0 Å². The van der Waals surface area contributed by atoms with E-state index in [1.54, 1.807) is 4.88 Å². The van der Waals surface area contributed by atoms with Gasteiger partial charge in [-0.05, 0) is 60.4 Å². The Morgan fingerprint density at radius 1 is 1.58 bits per heavy atom. The van der Waals surface area contributed by atoms with Gasteiger partial charge in [0.25, 0.3) is 0 Å². The van der Waals surface area contributed by atoms with E-state index in [0.717, 1.165) is 6.54 Å². The molecule has 3 rings (SSSR count). The summed E-state index contributed by atoms with van der Waals surface area (Å²) in [6.45, 7) is 3.04. The van der Waals surface area contributed by atoms with Crippen molar-refractivity contribution in [3.05, 3.63) is 36.8 Å². The highest BCUT2D eigenvalue weighted by molar-refractivity contribution is 14.1. The van der Waals surface area contributed by atoms with Gasteiger partial charge in [-0.2, -0.15) is 5.10 Å². The first-order valence-electron chi connectivity index (χ1n) is 6.64. The van der Waals surface area contributed by atoms with Gasteiger partial charge >= 0.3 is 0 Å². The van der Waals surface area contributed by atoms with Crippen molar-refractivity contribution in [2.45, 2.75) is 38.8 Å². The Hall–Kier alpha value is -0.400. The van der Waals surface area contributed by atoms with Gasteiger partial charge in [0, 0.05) is 35.8 Å². The van der Waals surface area contributed by atoms with Crippen molar-refractivity contribution in [1.82, 2.24) is 15.1 Å². The Morgan fingerprint density at radius 2 is 2.42 bits per heavy atom. The molecule has 1 N–H and O–H groups in total. The Kier molecular flexibility index (Phi) is 3.96. The molecule has 2 aromatic rings. The number of aromatic nitrogens is 2. The number of hydrogen-bond donors (Lipinski definition) is 1. The molecule has 0 saturated carbocycles. The predicted octanol–water partition coefficient (Wildman–Crippen LogP) is 3.56. The molecule has 0 radical (unpaired) electrons. The van der Waals surface area contributed by atoms with E-state index in [1.165, 1.54) is 39.0 Å². The molecule has 0 saturated heterocycles. The molecular weight excluding hydrogens is 369 g/mol. The first kappa shape index (κ1) is 13.6. The van der Waals surface area contributed by atoms with Crippen molar-refractivity contribution >= 4 is 33.9 Å². The molecule has 0 aromatic carbocycles. The number of aryl methyl sites for hydroxylation is 2. The highest BCUT2D eigenvalue weighted by Crippen LogP contribution is 2.36. The molecule has 2 heterocycles. The number of nitrogens with one attached hydrogen (secondary N) is 1. The van der Waals surface area contributed by atoms with Gasteiger partial charge in [-0.15, -0.1) is 11.3 Å². The summed E-state index contributed by atoms with van der Waals surface area (Å²) in [7, 11) is 2.00. The monoisotopic (exact) mass is 387 g/mol. The minimum absolute atomic E-state index is 0.517. The third kappa shape index (κ3) is 2.73. The van der Waals surface area contributed by atoms with E-state index in [0.29, 0.717) is 6.04 Å². The molecule has 1 atom stereocenters. The zero-order valence-corrected chi connectivity index (χ0v) is 14.2. The fourth-order valence-electron chi connectivity index (χ4n) is 2.68. The van der Waals surface area contributed by atoms with Crippen molar-refractivity contribution in [3.63, 3.8) is 0 Å². The fourth-order valence-corrected chi connectivity index (χ4v) is 4.80. The molecule has 0 spiro atoms. The number of halogens is 1. The van der Waals surface area contributed by atoms with E-state index in [2.05, 4.69) is 46.0 Å². The molecule has 3 nitrogen and oxygen atoms in total. The Labute approximate surface area is 131 Å². The third-order valence-electron chi connectivity index (χ3n) is 3.96. The third-order valence-corrected chi connectivity index (χ3v) is 5.93. The van der Waals surface area contributed by atoms with Crippen molar-refractivity contribution in [2.24, 2.45) is 7.05 Å². The zero-order chi connectivity index (χ0) is 13.4. The van der Waals surface area contributed by atoms with Crippen LogP contribution in [0.15, 0.2) is 12.3 Å². The van der Waals surface area contributed by atoms with E-state index in [4.69, 9.17) is 0 Å². The summed E-state index contributed by atoms with van der Waals surface area (Å²) in [4.78, 5) is 1.58. The topological polar surface area (TPSA) is 29.9 Å². The minimum atomic E-state index is 0.517. The summed E-state index contributed by atoms with van der Waals surface area (Å²) in [6, 6.07) is 2.87. The molecule has 0 aliphatic heterocycles. The van der Waals surface area contributed by atoms with Crippen LogP contribution in [0.2, 0.25) is 0 Å². The van der Waals surface area contributed by atoms with Crippen LogP contribution in [0.1, 0.15) is 40.6 Å². The van der Waals surface area contributed by atoms with Gasteiger partial charge in [-0.3, -0.25) is 4.68 Å². The lowest BCUT2D eigenvalue weighted by molar-refractivity contribution is 0.462. The largest absolute Gasteiger partial charge is 0.306 e. The number of rotatable bonds is 3. The fraction of sp³-hybridized carbons (Fsp3) is 0.500. The normalized spacial score (nSPS) is 18.6. The van der Waals surface area contributed by atoms with Gasteiger partial charge in [0.05, 0.1) is 9.08 Å². The second-order valence-corrected chi connectivity index (χ2v) is 8.16. The van der Waals surface area contributed by atoms with Gasteiger partial charge in [0.1, 0.15) is 0 Å². The number of fused-ring (bicyclic) bond motifs is 1. The van der Waals surface area contributed by atoms with Crippen LogP contribution in [0.3, 0.4) is 0 Å². The predicted molar refractivity (Wildman–Crippen MR) is 87.5 cm³/mol. The second kappa shape index (κ2) is 5.54. The molecule has 0 bridgehead atoms. The van der Waals surface area contributed by atoms with Crippen LogP contribution in [0.5, 0.6) is 0 Å². The number of nitrogens with zero attached hydrogens (tertiary/aromatic N) is 2. The first-order chi connectivity index (χ1) is 9.15. The van der Waals surface area contributed by atoms with Crippen molar-refractivity contribution < 1.29 is 0 Å². The Bertz CT molecular complexity index is 588. The SMILES string of the molecule is Cc1c(CNC2CCCc3sc(I)cc32)cnn1C. The van der Waals surface area contributed by atoms with E-state index in [-0.39, 0.29) is 0 Å². The lowest BCUT2D eigenvalue weighted by Gasteiger charge is -2.23. The van der Waals surface area contributed by atoms with Crippen LogP contribution in [-0.2, 0) is 20.0 Å². The Morgan fingerprint density at radius 3 is 3.16 bits per heavy atom. The average Bonchev–Trinajstić information content (AvgIpc) is 2.91. The molecule has 1 unspecified atom stereocenters. The maximum Gasteiger partial charge on any atom is 0.0659 e. The maximum absolute atomic E-state index is 4.31. The summed E-state index contributed by atoms with van der Waals surface area (Å²) in [6.07, 6.45) is 5.78. The van der Waals surface area contributed by atoms with Crippen LogP contribution in [0, 0.1) is 9.81 Å². The van der Waals surface area contributed by atoms with Crippen molar-refractivity contribution in [3.8, 4) is 0 Å². The van der Waals surface area contributed by atoms with Gasteiger partial charge in [0.2, 0.25) is 0 Å². The Balaban J connectivity index is 1.73. The zero-order valence-electron chi connectivity index (χ0n) is 11.2. The van der Waals surface area contributed by atoms with Gasteiger partial charge in [0.15, 0.2) is 0 Å².